The first-order chi connectivity index (χ1) is 14.5. The van der Waals surface area contributed by atoms with Crippen LogP contribution in [0.25, 0.3) is 10.9 Å². The zero-order valence-electron chi connectivity index (χ0n) is 16.3. The molecule has 1 aliphatic heterocycles. The van der Waals surface area contributed by atoms with Gasteiger partial charge in [0.05, 0.1) is 17.1 Å². The summed E-state index contributed by atoms with van der Waals surface area (Å²) in [5.74, 6) is 2.54. The number of piperidine rings is 1. The molecule has 2 atom stereocenters. The van der Waals surface area contributed by atoms with Crippen molar-refractivity contribution in [3.8, 4) is 5.75 Å². The summed E-state index contributed by atoms with van der Waals surface area (Å²) in [6, 6.07) is 7.84. The molecular weight excluding hydrogens is 409 g/mol. The zero-order chi connectivity index (χ0) is 20.8. The van der Waals surface area contributed by atoms with Gasteiger partial charge in [0.2, 0.25) is 0 Å². The Morgan fingerprint density at radius 2 is 2.03 bits per heavy atom. The quantitative estimate of drug-likeness (QED) is 0.507. The molecular formula is C21H21ClFN5O2. The molecule has 1 aliphatic carbocycles. The number of hydrogen-bond acceptors (Lipinski definition) is 7. The van der Waals surface area contributed by atoms with Crippen molar-refractivity contribution in [1.29, 1.82) is 0 Å². The number of benzene rings is 2. The van der Waals surface area contributed by atoms with Gasteiger partial charge < -0.3 is 15.0 Å². The smallest absolute Gasteiger partial charge is 0.146 e. The van der Waals surface area contributed by atoms with Crippen molar-refractivity contribution in [3.63, 3.8) is 0 Å². The maximum Gasteiger partial charge on any atom is 0.146 e. The summed E-state index contributed by atoms with van der Waals surface area (Å²) in [4.78, 5) is 11.0. The molecule has 156 valence electrons. The minimum absolute atomic E-state index is 0.0165. The Balaban J connectivity index is 1.39. The number of likely N-dealkylation sites (tertiary alicyclic amines) is 1. The van der Waals surface area contributed by atoms with E-state index in [0.29, 0.717) is 58.2 Å². The van der Waals surface area contributed by atoms with Crippen LogP contribution in [-0.2, 0) is 0 Å². The normalized spacial score (nSPS) is 22.7. The monoisotopic (exact) mass is 429 g/mol. The van der Waals surface area contributed by atoms with Crippen LogP contribution >= 0.6 is 11.6 Å². The van der Waals surface area contributed by atoms with Crippen molar-refractivity contribution in [2.45, 2.75) is 0 Å². The highest BCUT2D eigenvalue weighted by Crippen LogP contribution is 2.51. The third kappa shape index (κ3) is 3.51. The van der Waals surface area contributed by atoms with Crippen molar-refractivity contribution in [1.82, 2.24) is 14.9 Å². The van der Waals surface area contributed by atoms with Crippen LogP contribution in [-0.4, -0.2) is 46.8 Å². The molecule has 1 aromatic heterocycles. The number of nitrogens with zero attached hydrogens (tertiary/aromatic N) is 3. The van der Waals surface area contributed by atoms with Crippen LogP contribution in [0.2, 0.25) is 5.02 Å². The Hall–Kier alpha value is -2.68. The highest BCUT2D eigenvalue weighted by molar-refractivity contribution is 6.31. The van der Waals surface area contributed by atoms with E-state index < -0.39 is 5.82 Å². The van der Waals surface area contributed by atoms with Gasteiger partial charge in [0.15, 0.2) is 0 Å². The second-order valence-electron chi connectivity index (χ2n) is 7.98. The molecule has 2 unspecified atom stereocenters. The Labute approximate surface area is 177 Å². The fourth-order valence-electron chi connectivity index (χ4n) is 4.39. The van der Waals surface area contributed by atoms with Crippen molar-refractivity contribution in [2.24, 2.45) is 17.8 Å². The minimum Gasteiger partial charge on any atom is -0.491 e. The lowest BCUT2D eigenvalue weighted by Gasteiger charge is -2.16. The Kier molecular flexibility index (Phi) is 4.85. The maximum absolute atomic E-state index is 13.4. The molecule has 0 amide bonds. The van der Waals surface area contributed by atoms with Crippen LogP contribution in [0, 0.1) is 23.6 Å². The van der Waals surface area contributed by atoms with Gasteiger partial charge in [-0.15, -0.1) is 0 Å². The van der Waals surface area contributed by atoms with E-state index in [4.69, 9.17) is 16.3 Å². The molecule has 0 bridgehead atoms. The average molecular weight is 430 g/mol. The number of aromatic nitrogens is 2. The van der Waals surface area contributed by atoms with Crippen LogP contribution in [0.3, 0.4) is 0 Å². The lowest BCUT2D eigenvalue weighted by molar-refractivity contribution is 0.252. The topological polar surface area (TPSA) is 82.5 Å². The molecule has 7 nitrogen and oxygen atoms in total. The Bertz CT molecular complexity index is 1100. The molecule has 1 saturated carbocycles. The van der Waals surface area contributed by atoms with Crippen LogP contribution in [0.5, 0.6) is 5.75 Å². The highest BCUT2D eigenvalue weighted by Gasteiger charge is 2.54. The summed E-state index contributed by atoms with van der Waals surface area (Å²) in [5.41, 5.74) is 3.89. The molecule has 2 heterocycles. The molecule has 5 rings (SSSR count). The van der Waals surface area contributed by atoms with E-state index in [1.807, 2.05) is 0 Å². The third-order valence-corrected chi connectivity index (χ3v) is 6.31. The number of fused-ring (bicyclic) bond motifs is 2. The fourth-order valence-corrected chi connectivity index (χ4v) is 4.57. The van der Waals surface area contributed by atoms with Crippen LogP contribution in [0.4, 0.5) is 21.6 Å². The van der Waals surface area contributed by atoms with Crippen LogP contribution in [0.1, 0.15) is 0 Å². The summed E-state index contributed by atoms with van der Waals surface area (Å²) < 4.78 is 19.5. The molecule has 2 aliphatic rings. The van der Waals surface area contributed by atoms with E-state index in [1.54, 1.807) is 18.2 Å². The number of nitrogens with one attached hydrogen (secondary N) is 2. The van der Waals surface area contributed by atoms with E-state index in [-0.39, 0.29) is 5.02 Å². The number of rotatable bonds is 6. The molecule has 3 aromatic rings. The van der Waals surface area contributed by atoms with E-state index >= 15 is 0 Å². The van der Waals surface area contributed by atoms with Gasteiger partial charge in [-0.25, -0.2) is 14.4 Å². The first-order valence-corrected chi connectivity index (χ1v) is 10.1. The van der Waals surface area contributed by atoms with Gasteiger partial charge in [0.1, 0.15) is 29.4 Å². The molecule has 30 heavy (non-hydrogen) atoms. The Morgan fingerprint density at radius 1 is 1.23 bits per heavy atom. The second-order valence-corrected chi connectivity index (χ2v) is 8.38. The SMILES string of the molecule is CN1CC2C(COc3cc4ncnc(Nc5ccc(F)c(Cl)c5)c4cc3NO)C2C1. The first kappa shape index (κ1) is 19.3. The predicted molar refractivity (Wildman–Crippen MR) is 113 cm³/mol. The summed E-state index contributed by atoms with van der Waals surface area (Å²) in [6.07, 6.45) is 1.44. The molecule has 9 heteroatoms. The largest absolute Gasteiger partial charge is 0.491 e. The van der Waals surface area contributed by atoms with Crippen molar-refractivity contribution >= 4 is 39.7 Å². The fraction of sp³-hybridized carbons (Fsp3) is 0.333. The van der Waals surface area contributed by atoms with Crippen molar-refractivity contribution in [2.75, 3.05) is 37.5 Å². The van der Waals surface area contributed by atoms with E-state index in [2.05, 4.69) is 32.7 Å². The van der Waals surface area contributed by atoms with E-state index in [9.17, 15) is 9.60 Å². The zero-order valence-corrected chi connectivity index (χ0v) is 17.0. The molecule has 0 spiro atoms. The lowest BCUT2D eigenvalue weighted by Crippen LogP contribution is -2.21. The standard InChI is InChI=1S/C21H21ClFN5O2/c1-28-7-13-14(8-28)15(13)9-30-20-6-18-12(5-19(20)27-29)21(25-10-24-18)26-11-2-3-17(23)16(22)4-11/h2-6,10,13-15,27,29H,7-9H2,1H3,(H,24,25,26). The third-order valence-electron chi connectivity index (χ3n) is 6.02. The average Bonchev–Trinajstić information content (AvgIpc) is 3.20. The molecule has 0 radical (unpaired) electrons. The summed E-state index contributed by atoms with van der Waals surface area (Å²) in [5, 5.41) is 13.5. The lowest BCUT2D eigenvalue weighted by atomic mass is 10.2. The van der Waals surface area contributed by atoms with Crippen molar-refractivity contribution < 1.29 is 14.3 Å². The van der Waals surface area contributed by atoms with E-state index in [1.165, 1.54) is 18.5 Å². The van der Waals surface area contributed by atoms with Gasteiger partial charge in [0.25, 0.3) is 0 Å². The van der Waals surface area contributed by atoms with Crippen molar-refractivity contribution in [3.05, 3.63) is 47.5 Å². The van der Waals surface area contributed by atoms with Gasteiger partial charge >= 0.3 is 0 Å². The van der Waals surface area contributed by atoms with Gasteiger partial charge in [-0.1, -0.05) is 11.6 Å². The number of hydrogen-bond donors (Lipinski definition) is 3. The number of ether oxygens (including phenoxy) is 1. The number of halogens is 2. The van der Waals surface area contributed by atoms with Crippen LogP contribution < -0.4 is 15.5 Å². The number of anilines is 3. The van der Waals surface area contributed by atoms with Gasteiger partial charge in [0, 0.05) is 36.1 Å². The maximum atomic E-state index is 13.4. The summed E-state index contributed by atoms with van der Waals surface area (Å²) >= 11 is 5.87. The minimum atomic E-state index is -0.491. The molecule has 1 saturated heterocycles. The van der Waals surface area contributed by atoms with Gasteiger partial charge in [-0.2, -0.15) is 0 Å². The van der Waals surface area contributed by atoms with Gasteiger partial charge in [-0.3, -0.25) is 10.7 Å². The summed E-state index contributed by atoms with van der Waals surface area (Å²) in [7, 11) is 2.15. The van der Waals surface area contributed by atoms with Crippen LogP contribution in [0.15, 0.2) is 36.7 Å². The second kappa shape index (κ2) is 7.54. The van der Waals surface area contributed by atoms with E-state index in [0.717, 1.165) is 13.1 Å². The molecule has 3 N–H and O–H groups in total. The van der Waals surface area contributed by atoms with Gasteiger partial charge in [-0.05, 0) is 43.1 Å². The predicted octanol–water partition coefficient (Wildman–Crippen LogP) is 4.15. The Morgan fingerprint density at radius 3 is 2.77 bits per heavy atom. The highest BCUT2D eigenvalue weighted by atomic mass is 35.5. The first-order valence-electron chi connectivity index (χ1n) is 9.76. The molecule has 2 fully saturated rings. The summed E-state index contributed by atoms with van der Waals surface area (Å²) in [6.45, 7) is 2.86. The molecule has 2 aromatic carbocycles.